The molecule has 2 saturated heterocycles. The van der Waals surface area contributed by atoms with Crippen molar-refractivity contribution in [1.82, 2.24) is 9.80 Å². The third kappa shape index (κ3) is 4.64. The normalized spacial score (nSPS) is 19.0. The smallest absolute Gasteiger partial charge is 0.256 e. The van der Waals surface area contributed by atoms with E-state index in [4.69, 9.17) is 4.74 Å². The van der Waals surface area contributed by atoms with Gasteiger partial charge in [0.2, 0.25) is 0 Å². The summed E-state index contributed by atoms with van der Waals surface area (Å²) in [5, 5.41) is 0. The van der Waals surface area contributed by atoms with Gasteiger partial charge in [-0.3, -0.25) is 9.59 Å². The third-order valence-corrected chi connectivity index (χ3v) is 5.87. The van der Waals surface area contributed by atoms with E-state index in [9.17, 15) is 14.0 Å². The van der Waals surface area contributed by atoms with Crippen molar-refractivity contribution in [3.63, 3.8) is 0 Å². The Labute approximate surface area is 176 Å². The maximum Gasteiger partial charge on any atom is 0.256 e. The molecule has 0 N–H and O–H groups in total. The highest BCUT2D eigenvalue weighted by Gasteiger charge is 2.26. The van der Waals surface area contributed by atoms with Crippen LogP contribution in [0.15, 0.2) is 48.5 Å². The molecule has 0 unspecified atom stereocenters. The van der Waals surface area contributed by atoms with Crippen molar-refractivity contribution in [3.05, 3.63) is 65.5 Å². The number of ether oxygens (including phenoxy) is 1. The van der Waals surface area contributed by atoms with E-state index in [0.29, 0.717) is 31.0 Å². The summed E-state index contributed by atoms with van der Waals surface area (Å²) >= 11 is 0. The van der Waals surface area contributed by atoms with Crippen LogP contribution in [0, 0.1) is 11.7 Å². The van der Waals surface area contributed by atoms with Crippen LogP contribution in [0.1, 0.15) is 46.4 Å². The van der Waals surface area contributed by atoms with Gasteiger partial charge in [-0.1, -0.05) is 18.2 Å². The highest BCUT2D eigenvalue weighted by atomic mass is 19.1. The Morgan fingerprint density at radius 3 is 2.50 bits per heavy atom. The quantitative estimate of drug-likeness (QED) is 0.749. The molecule has 5 nitrogen and oxygen atoms in total. The van der Waals surface area contributed by atoms with E-state index in [-0.39, 0.29) is 23.3 Å². The molecule has 2 amide bonds. The molecule has 2 heterocycles. The summed E-state index contributed by atoms with van der Waals surface area (Å²) in [5.74, 6) is 0.138. The van der Waals surface area contributed by atoms with Crippen molar-refractivity contribution in [2.75, 3.05) is 32.8 Å². The van der Waals surface area contributed by atoms with E-state index in [1.165, 1.54) is 12.1 Å². The molecule has 158 valence electrons. The summed E-state index contributed by atoms with van der Waals surface area (Å²) in [6.07, 6.45) is 3.94. The lowest BCUT2D eigenvalue weighted by Gasteiger charge is -2.32. The molecule has 1 atom stereocenters. The molecule has 30 heavy (non-hydrogen) atoms. The molecular weight excluding hydrogens is 383 g/mol. The molecule has 0 aliphatic carbocycles. The van der Waals surface area contributed by atoms with E-state index in [2.05, 4.69) is 0 Å². The second-order valence-corrected chi connectivity index (χ2v) is 8.08. The number of rotatable bonds is 5. The van der Waals surface area contributed by atoms with Crippen molar-refractivity contribution in [2.45, 2.75) is 25.7 Å². The predicted molar refractivity (Wildman–Crippen MR) is 112 cm³/mol. The standard InChI is InChI=1S/C24H27FN2O3/c25-22-11-2-1-10-21(22)24(29)27-14-6-7-18(16-27)17-30-20-9-5-8-19(15-20)23(28)26-12-3-4-13-26/h1-2,5,8-11,15,18H,3-4,6-7,12-14,16-17H2/t18-/m0/s1. The molecule has 4 rings (SSSR count). The van der Waals surface area contributed by atoms with Gasteiger partial charge in [-0.05, 0) is 56.0 Å². The first-order chi connectivity index (χ1) is 14.6. The number of carbonyl (C=O) groups excluding carboxylic acids is 2. The Balaban J connectivity index is 1.35. The van der Waals surface area contributed by atoms with Gasteiger partial charge in [0.1, 0.15) is 11.6 Å². The number of amides is 2. The molecule has 2 fully saturated rings. The molecule has 6 heteroatoms. The SMILES string of the molecule is O=C(c1cccc(OC[C@H]2CCCN(C(=O)c3ccccc3F)C2)c1)N1CCCC1. The molecule has 2 aromatic carbocycles. The molecule has 0 saturated carbocycles. The number of hydrogen-bond donors (Lipinski definition) is 0. The highest BCUT2D eigenvalue weighted by Crippen LogP contribution is 2.23. The minimum absolute atomic E-state index is 0.0530. The summed E-state index contributed by atoms with van der Waals surface area (Å²) in [6, 6.07) is 13.4. The third-order valence-electron chi connectivity index (χ3n) is 5.87. The van der Waals surface area contributed by atoms with Crippen molar-refractivity contribution >= 4 is 11.8 Å². The largest absolute Gasteiger partial charge is 0.493 e. The van der Waals surface area contributed by atoms with Crippen LogP contribution in [0.2, 0.25) is 0 Å². The van der Waals surface area contributed by atoms with E-state index >= 15 is 0 Å². The summed E-state index contributed by atoms with van der Waals surface area (Å²) in [5.41, 5.74) is 0.765. The van der Waals surface area contributed by atoms with Crippen molar-refractivity contribution in [3.8, 4) is 5.75 Å². The number of likely N-dealkylation sites (tertiary alicyclic amines) is 2. The lowest BCUT2D eigenvalue weighted by molar-refractivity contribution is 0.0628. The monoisotopic (exact) mass is 410 g/mol. The van der Waals surface area contributed by atoms with Crippen molar-refractivity contribution in [1.29, 1.82) is 0 Å². The molecule has 0 aromatic heterocycles. The first-order valence-electron chi connectivity index (χ1n) is 10.7. The Morgan fingerprint density at radius 2 is 1.70 bits per heavy atom. The zero-order valence-corrected chi connectivity index (χ0v) is 17.1. The van der Waals surface area contributed by atoms with Crippen LogP contribution in [0.5, 0.6) is 5.75 Å². The van der Waals surface area contributed by atoms with Crippen LogP contribution in [0.4, 0.5) is 4.39 Å². The average Bonchev–Trinajstić information content (AvgIpc) is 3.32. The van der Waals surface area contributed by atoms with Gasteiger partial charge < -0.3 is 14.5 Å². The maximum absolute atomic E-state index is 14.0. The van der Waals surface area contributed by atoms with Crippen molar-refractivity contribution < 1.29 is 18.7 Å². The lowest BCUT2D eigenvalue weighted by Crippen LogP contribution is -2.41. The Hall–Kier alpha value is -2.89. The van der Waals surface area contributed by atoms with E-state index in [1.54, 1.807) is 23.1 Å². The Kier molecular flexibility index (Phi) is 6.31. The number of hydrogen-bond acceptors (Lipinski definition) is 3. The number of halogens is 1. The second kappa shape index (κ2) is 9.28. The van der Waals surface area contributed by atoms with E-state index < -0.39 is 5.82 Å². The lowest BCUT2D eigenvalue weighted by atomic mass is 9.98. The maximum atomic E-state index is 14.0. The Morgan fingerprint density at radius 1 is 0.933 bits per heavy atom. The van der Waals surface area contributed by atoms with Gasteiger partial charge in [0.05, 0.1) is 12.2 Å². The molecule has 2 aromatic rings. The molecule has 2 aliphatic heterocycles. The topological polar surface area (TPSA) is 49.9 Å². The molecule has 0 bridgehead atoms. The summed E-state index contributed by atoms with van der Waals surface area (Å²) in [7, 11) is 0. The zero-order valence-electron chi connectivity index (χ0n) is 17.1. The van der Waals surface area contributed by atoms with Crippen LogP contribution in [0.3, 0.4) is 0 Å². The fraction of sp³-hybridized carbons (Fsp3) is 0.417. The first-order valence-corrected chi connectivity index (χ1v) is 10.7. The van der Waals surface area contributed by atoms with Crippen LogP contribution in [0.25, 0.3) is 0 Å². The number of nitrogens with zero attached hydrogens (tertiary/aromatic N) is 2. The van der Waals surface area contributed by atoms with Gasteiger partial charge in [0, 0.05) is 37.7 Å². The number of carbonyl (C=O) groups is 2. The first kappa shape index (κ1) is 20.4. The summed E-state index contributed by atoms with van der Waals surface area (Å²) in [4.78, 5) is 28.9. The summed E-state index contributed by atoms with van der Waals surface area (Å²) < 4.78 is 19.9. The van der Waals surface area contributed by atoms with E-state index in [1.807, 2.05) is 23.1 Å². The average molecular weight is 410 g/mol. The fourth-order valence-corrected chi connectivity index (χ4v) is 4.23. The van der Waals surface area contributed by atoms with Crippen LogP contribution < -0.4 is 4.74 Å². The predicted octanol–water partition coefficient (Wildman–Crippen LogP) is 3.99. The minimum atomic E-state index is -0.486. The van der Waals surface area contributed by atoms with Crippen molar-refractivity contribution in [2.24, 2.45) is 5.92 Å². The van der Waals surface area contributed by atoms with Gasteiger partial charge in [0.15, 0.2) is 0 Å². The number of benzene rings is 2. The van der Waals surface area contributed by atoms with Gasteiger partial charge >= 0.3 is 0 Å². The molecule has 2 aliphatic rings. The van der Waals surface area contributed by atoms with Gasteiger partial charge in [-0.15, -0.1) is 0 Å². The van der Waals surface area contributed by atoms with Gasteiger partial charge in [-0.2, -0.15) is 0 Å². The van der Waals surface area contributed by atoms with Crippen LogP contribution >= 0.6 is 0 Å². The van der Waals surface area contributed by atoms with Gasteiger partial charge in [-0.25, -0.2) is 4.39 Å². The second-order valence-electron chi connectivity index (χ2n) is 8.08. The molecule has 0 spiro atoms. The Bertz CT molecular complexity index is 911. The van der Waals surface area contributed by atoms with Crippen LogP contribution in [-0.4, -0.2) is 54.4 Å². The molecular formula is C24H27FN2O3. The fourth-order valence-electron chi connectivity index (χ4n) is 4.23. The highest BCUT2D eigenvalue weighted by molar-refractivity contribution is 5.95. The van der Waals surface area contributed by atoms with Gasteiger partial charge in [0.25, 0.3) is 11.8 Å². The number of piperidine rings is 1. The van der Waals surface area contributed by atoms with Crippen LogP contribution in [-0.2, 0) is 0 Å². The summed E-state index contributed by atoms with van der Waals surface area (Å²) in [6.45, 7) is 3.27. The zero-order chi connectivity index (χ0) is 20.9. The van der Waals surface area contributed by atoms with E-state index in [0.717, 1.165) is 38.8 Å². The minimum Gasteiger partial charge on any atom is -0.493 e. The molecule has 0 radical (unpaired) electrons.